The molecule has 1 fully saturated rings. The van der Waals surface area contributed by atoms with E-state index in [0.29, 0.717) is 5.92 Å². The normalized spacial score (nSPS) is 16.2. The standard InChI is InChI=1S/C17H26N6/c1-21(2)9-3-10-23-13-8-20-17(23)15-4-11-22(12-5-15)16-14-18-6-7-19-16/h6-8,13-15H,3-5,9-12H2,1-2H3. The molecular formula is C17H26N6. The Morgan fingerprint density at radius 3 is 2.65 bits per heavy atom. The molecule has 23 heavy (non-hydrogen) atoms. The molecular weight excluding hydrogens is 288 g/mol. The molecule has 0 bridgehead atoms. The van der Waals surface area contributed by atoms with Crippen LogP contribution < -0.4 is 4.90 Å². The molecule has 1 saturated heterocycles. The smallest absolute Gasteiger partial charge is 0.147 e. The van der Waals surface area contributed by atoms with Crippen LogP contribution in [0.2, 0.25) is 0 Å². The summed E-state index contributed by atoms with van der Waals surface area (Å²) in [7, 11) is 4.24. The summed E-state index contributed by atoms with van der Waals surface area (Å²) in [6.07, 6.45) is 12.8. The maximum absolute atomic E-state index is 4.64. The van der Waals surface area contributed by atoms with Crippen LogP contribution in [0.3, 0.4) is 0 Å². The first-order valence-electron chi connectivity index (χ1n) is 8.41. The molecule has 0 spiro atoms. The molecule has 2 aromatic rings. The van der Waals surface area contributed by atoms with Crippen molar-refractivity contribution in [2.45, 2.75) is 31.7 Å². The Labute approximate surface area is 138 Å². The summed E-state index contributed by atoms with van der Waals surface area (Å²) >= 11 is 0. The molecule has 0 aromatic carbocycles. The van der Waals surface area contributed by atoms with Crippen molar-refractivity contribution in [3.8, 4) is 0 Å². The average Bonchev–Trinajstić information content (AvgIpc) is 3.04. The molecule has 124 valence electrons. The molecule has 0 N–H and O–H groups in total. The summed E-state index contributed by atoms with van der Waals surface area (Å²) in [5, 5.41) is 0. The number of piperidine rings is 1. The molecule has 0 unspecified atom stereocenters. The van der Waals surface area contributed by atoms with E-state index in [1.165, 1.54) is 5.82 Å². The number of hydrogen-bond acceptors (Lipinski definition) is 5. The molecule has 1 aliphatic heterocycles. The van der Waals surface area contributed by atoms with Crippen LogP contribution in [-0.4, -0.2) is 58.1 Å². The lowest BCUT2D eigenvalue weighted by atomic mass is 9.96. The van der Waals surface area contributed by atoms with Crippen molar-refractivity contribution < 1.29 is 0 Å². The van der Waals surface area contributed by atoms with Gasteiger partial charge in [0.25, 0.3) is 0 Å². The van der Waals surface area contributed by atoms with Gasteiger partial charge in [0.1, 0.15) is 11.6 Å². The third-order valence-electron chi connectivity index (χ3n) is 4.49. The van der Waals surface area contributed by atoms with Crippen LogP contribution in [0.5, 0.6) is 0 Å². The molecule has 0 aliphatic carbocycles. The van der Waals surface area contributed by atoms with E-state index < -0.39 is 0 Å². The van der Waals surface area contributed by atoms with Gasteiger partial charge in [0.05, 0.1) is 6.20 Å². The van der Waals surface area contributed by atoms with Gasteiger partial charge in [-0.2, -0.15) is 0 Å². The predicted molar refractivity (Wildman–Crippen MR) is 91.6 cm³/mol. The third kappa shape index (κ3) is 4.07. The van der Waals surface area contributed by atoms with Crippen LogP contribution >= 0.6 is 0 Å². The van der Waals surface area contributed by atoms with Crippen LogP contribution in [0, 0.1) is 0 Å². The summed E-state index contributed by atoms with van der Waals surface area (Å²) < 4.78 is 2.34. The Morgan fingerprint density at radius 1 is 1.13 bits per heavy atom. The second-order valence-electron chi connectivity index (χ2n) is 6.46. The van der Waals surface area contributed by atoms with Gasteiger partial charge in [-0.15, -0.1) is 0 Å². The van der Waals surface area contributed by atoms with E-state index in [1.54, 1.807) is 12.4 Å². The SMILES string of the molecule is CN(C)CCCn1ccnc1C1CCN(c2cnccn2)CC1. The Kier molecular flexibility index (Phi) is 5.23. The Hall–Kier alpha value is -1.95. The highest BCUT2D eigenvalue weighted by Crippen LogP contribution is 2.28. The molecule has 3 rings (SSSR count). The summed E-state index contributed by atoms with van der Waals surface area (Å²) in [4.78, 5) is 17.8. The van der Waals surface area contributed by atoms with Crippen molar-refractivity contribution in [2.75, 3.05) is 38.6 Å². The monoisotopic (exact) mass is 314 g/mol. The van der Waals surface area contributed by atoms with Crippen LogP contribution in [0.15, 0.2) is 31.0 Å². The number of aromatic nitrogens is 4. The Morgan fingerprint density at radius 2 is 1.96 bits per heavy atom. The van der Waals surface area contributed by atoms with E-state index in [2.05, 4.69) is 49.6 Å². The second kappa shape index (κ2) is 7.55. The zero-order valence-corrected chi connectivity index (χ0v) is 14.1. The summed E-state index contributed by atoms with van der Waals surface area (Å²) in [5.74, 6) is 2.79. The fourth-order valence-corrected chi connectivity index (χ4v) is 3.25. The van der Waals surface area contributed by atoms with Gasteiger partial charge >= 0.3 is 0 Å². The highest BCUT2D eigenvalue weighted by molar-refractivity contribution is 5.35. The molecule has 6 nitrogen and oxygen atoms in total. The van der Waals surface area contributed by atoms with Crippen molar-refractivity contribution in [1.82, 2.24) is 24.4 Å². The summed E-state index contributed by atoms with van der Waals surface area (Å²) in [5.41, 5.74) is 0. The number of anilines is 1. The fourth-order valence-electron chi connectivity index (χ4n) is 3.25. The first-order chi connectivity index (χ1) is 11.2. The van der Waals surface area contributed by atoms with Gasteiger partial charge in [0.2, 0.25) is 0 Å². The lowest BCUT2D eigenvalue weighted by molar-refractivity contribution is 0.380. The van der Waals surface area contributed by atoms with E-state index in [1.807, 2.05) is 12.4 Å². The minimum absolute atomic E-state index is 0.553. The van der Waals surface area contributed by atoms with Crippen LogP contribution in [-0.2, 0) is 6.54 Å². The average molecular weight is 314 g/mol. The van der Waals surface area contributed by atoms with Gasteiger partial charge < -0.3 is 14.4 Å². The lowest BCUT2D eigenvalue weighted by Crippen LogP contribution is -2.34. The van der Waals surface area contributed by atoms with Crippen LogP contribution in [0.25, 0.3) is 0 Å². The number of imidazole rings is 1. The van der Waals surface area contributed by atoms with Gasteiger partial charge in [0.15, 0.2) is 0 Å². The van der Waals surface area contributed by atoms with Gasteiger partial charge in [-0.25, -0.2) is 9.97 Å². The van der Waals surface area contributed by atoms with Gasteiger partial charge in [-0.3, -0.25) is 4.98 Å². The fraction of sp³-hybridized carbons (Fsp3) is 0.588. The first-order valence-corrected chi connectivity index (χ1v) is 8.41. The van der Waals surface area contributed by atoms with Crippen molar-refractivity contribution in [2.24, 2.45) is 0 Å². The number of aryl methyl sites for hydroxylation is 1. The quantitative estimate of drug-likeness (QED) is 0.816. The molecule has 0 radical (unpaired) electrons. The van der Waals surface area contributed by atoms with E-state index in [9.17, 15) is 0 Å². The molecule has 6 heteroatoms. The largest absolute Gasteiger partial charge is 0.355 e. The molecule has 2 aromatic heterocycles. The third-order valence-corrected chi connectivity index (χ3v) is 4.49. The Balaban J connectivity index is 1.57. The van der Waals surface area contributed by atoms with Crippen LogP contribution in [0.4, 0.5) is 5.82 Å². The molecule has 1 aliphatic rings. The minimum atomic E-state index is 0.553. The van der Waals surface area contributed by atoms with Crippen molar-refractivity contribution in [3.05, 3.63) is 36.8 Å². The van der Waals surface area contributed by atoms with Crippen molar-refractivity contribution in [3.63, 3.8) is 0 Å². The lowest BCUT2D eigenvalue weighted by Gasteiger charge is -2.32. The van der Waals surface area contributed by atoms with E-state index in [0.717, 1.165) is 51.3 Å². The van der Waals surface area contributed by atoms with Crippen molar-refractivity contribution >= 4 is 5.82 Å². The summed E-state index contributed by atoms with van der Waals surface area (Å²) in [6, 6.07) is 0. The van der Waals surface area contributed by atoms with Gasteiger partial charge in [-0.1, -0.05) is 0 Å². The predicted octanol–water partition coefficient (Wildman–Crippen LogP) is 2.01. The molecule has 0 saturated carbocycles. The van der Waals surface area contributed by atoms with Gasteiger partial charge in [0, 0.05) is 50.3 Å². The van der Waals surface area contributed by atoms with E-state index in [-0.39, 0.29) is 0 Å². The summed E-state index contributed by atoms with van der Waals surface area (Å²) in [6.45, 7) is 4.21. The zero-order valence-electron chi connectivity index (χ0n) is 14.1. The zero-order chi connectivity index (χ0) is 16.1. The topological polar surface area (TPSA) is 50.1 Å². The minimum Gasteiger partial charge on any atom is -0.355 e. The number of rotatable bonds is 6. The van der Waals surface area contributed by atoms with E-state index in [4.69, 9.17) is 0 Å². The first kappa shape index (κ1) is 15.9. The molecule has 0 atom stereocenters. The van der Waals surface area contributed by atoms with Crippen molar-refractivity contribution in [1.29, 1.82) is 0 Å². The maximum Gasteiger partial charge on any atom is 0.147 e. The number of nitrogens with zero attached hydrogens (tertiary/aromatic N) is 6. The maximum atomic E-state index is 4.64. The second-order valence-corrected chi connectivity index (χ2v) is 6.46. The number of hydrogen-bond donors (Lipinski definition) is 0. The van der Waals surface area contributed by atoms with Gasteiger partial charge in [-0.05, 0) is 39.9 Å². The van der Waals surface area contributed by atoms with E-state index >= 15 is 0 Å². The highest BCUT2D eigenvalue weighted by atomic mass is 15.2. The highest BCUT2D eigenvalue weighted by Gasteiger charge is 2.24. The Bertz CT molecular complexity index is 586. The van der Waals surface area contributed by atoms with Crippen LogP contribution in [0.1, 0.15) is 31.0 Å². The molecule has 3 heterocycles. The molecule has 0 amide bonds.